The average Bonchev–Trinajstić information content (AvgIpc) is 2.85. The van der Waals surface area contributed by atoms with E-state index in [2.05, 4.69) is 37.2 Å². The molecule has 1 aromatic carbocycles. The summed E-state index contributed by atoms with van der Waals surface area (Å²) < 4.78 is 5.32. The van der Waals surface area contributed by atoms with E-state index in [9.17, 15) is 4.79 Å². The lowest BCUT2D eigenvalue weighted by Gasteiger charge is -2.36. The molecule has 7 heteroatoms. The van der Waals surface area contributed by atoms with Crippen molar-refractivity contribution in [1.82, 2.24) is 20.2 Å². The van der Waals surface area contributed by atoms with E-state index in [4.69, 9.17) is 4.74 Å². The molecule has 1 N–H and O–H groups in total. The van der Waals surface area contributed by atoms with Crippen molar-refractivity contribution in [1.29, 1.82) is 0 Å². The van der Waals surface area contributed by atoms with Gasteiger partial charge in [-0.1, -0.05) is 18.6 Å². The SMILES string of the molecule is COc1ccc([C@@H](CNC(=O)[C@H]2CCCN(c3cnccn3)C2)N2CCCCC2)cc1. The van der Waals surface area contributed by atoms with E-state index < -0.39 is 0 Å². The highest BCUT2D eigenvalue weighted by molar-refractivity contribution is 5.79. The number of rotatable bonds is 7. The van der Waals surface area contributed by atoms with Crippen molar-refractivity contribution in [2.75, 3.05) is 44.7 Å². The van der Waals surface area contributed by atoms with Crippen molar-refractivity contribution >= 4 is 11.7 Å². The number of anilines is 1. The zero-order valence-corrected chi connectivity index (χ0v) is 18.4. The number of carbonyl (C=O) groups excluding carboxylic acids is 1. The van der Waals surface area contributed by atoms with Gasteiger partial charge in [0.05, 0.1) is 25.3 Å². The van der Waals surface area contributed by atoms with Gasteiger partial charge in [0, 0.05) is 32.0 Å². The second-order valence-electron chi connectivity index (χ2n) is 8.48. The predicted octanol–water partition coefficient (Wildman–Crippen LogP) is 3.05. The van der Waals surface area contributed by atoms with Crippen LogP contribution in [0.5, 0.6) is 5.75 Å². The highest BCUT2D eigenvalue weighted by atomic mass is 16.5. The number of benzene rings is 1. The molecule has 2 fully saturated rings. The van der Waals surface area contributed by atoms with Crippen LogP contribution >= 0.6 is 0 Å². The quantitative estimate of drug-likeness (QED) is 0.738. The Kier molecular flexibility index (Phi) is 7.35. The molecule has 4 rings (SSSR count). The molecule has 0 bridgehead atoms. The minimum Gasteiger partial charge on any atom is -0.497 e. The molecular formula is C24H33N5O2. The molecule has 31 heavy (non-hydrogen) atoms. The van der Waals surface area contributed by atoms with Crippen LogP contribution in [-0.4, -0.2) is 60.6 Å². The molecule has 0 aliphatic carbocycles. The van der Waals surface area contributed by atoms with Crippen molar-refractivity contribution in [2.24, 2.45) is 5.92 Å². The van der Waals surface area contributed by atoms with Crippen molar-refractivity contribution in [2.45, 2.75) is 38.1 Å². The van der Waals surface area contributed by atoms with Gasteiger partial charge in [0.1, 0.15) is 11.6 Å². The molecule has 1 aromatic heterocycles. The number of methoxy groups -OCH3 is 1. The van der Waals surface area contributed by atoms with Crippen LogP contribution in [0.2, 0.25) is 0 Å². The third kappa shape index (κ3) is 5.53. The lowest BCUT2D eigenvalue weighted by Crippen LogP contribution is -2.46. The number of carbonyl (C=O) groups is 1. The molecule has 0 radical (unpaired) electrons. The summed E-state index contributed by atoms with van der Waals surface area (Å²) in [6.07, 6.45) is 10.8. The number of nitrogens with one attached hydrogen (secondary N) is 1. The van der Waals surface area contributed by atoms with Crippen molar-refractivity contribution in [3.8, 4) is 5.75 Å². The normalized spacial score (nSPS) is 20.8. The highest BCUT2D eigenvalue weighted by Crippen LogP contribution is 2.26. The molecule has 2 aliphatic heterocycles. The number of ether oxygens (including phenoxy) is 1. The number of hydrogen-bond acceptors (Lipinski definition) is 6. The van der Waals surface area contributed by atoms with E-state index in [-0.39, 0.29) is 17.9 Å². The molecule has 0 unspecified atom stereocenters. The van der Waals surface area contributed by atoms with Gasteiger partial charge >= 0.3 is 0 Å². The Labute approximate surface area is 184 Å². The summed E-state index contributed by atoms with van der Waals surface area (Å²) >= 11 is 0. The van der Waals surface area contributed by atoms with E-state index in [1.807, 2.05) is 12.1 Å². The van der Waals surface area contributed by atoms with Gasteiger partial charge in [-0.3, -0.25) is 14.7 Å². The topological polar surface area (TPSA) is 70.6 Å². The molecule has 0 saturated carbocycles. The van der Waals surface area contributed by atoms with E-state index >= 15 is 0 Å². The van der Waals surface area contributed by atoms with Crippen LogP contribution in [0.25, 0.3) is 0 Å². The zero-order valence-electron chi connectivity index (χ0n) is 18.4. The van der Waals surface area contributed by atoms with Crippen LogP contribution in [0.3, 0.4) is 0 Å². The average molecular weight is 424 g/mol. The van der Waals surface area contributed by atoms with Gasteiger partial charge in [0.2, 0.25) is 5.91 Å². The molecular weight excluding hydrogens is 390 g/mol. The molecule has 2 atom stereocenters. The Hall–Kier alpha value is -2.67. The number of hydrogen-bond donors (Lipinski definition) is 1. The molecule has 2 aromatic rings. The first kappa shape index (κ1) is 21.6. The Balaban J connectivity index is 1.40. The van der Waals surface area contributed by atoms with E-state index in [0.717, 1.165) is 44.0 Å². The Morgan fingerprint density at radius 1 is 1.13 bits per heavy atom. The van der Waals surface area contributed by atoms with Crippen LogP contribution in [0.1, 0.15) is 43.7 Å². The van der Waals surface area contributed by atoms with Crippen LogP contribution in [-0.2, 0) is 4.79 Å². The van der Waals surface area contributed by atoms with Crippen LogP contribution < -0.4 is 15.0 Å². The lowest BCUT2D eigenvalue weighted by molar-refractivity contribution is -0.125. The highest BCUT2D eigenvalue weighted by Gasteiger charge is 2.28. The lowest BCUT2D eigenvalue weighted by atomic mass is 9.96. The molecule has 2 aliphatic rings. The van der Waals surface area contributed by atoms with Crippen molar-refractivity contribution < 1.29 is 9.53 Å². The molecule has 166 valence electrons. The van der Waals surface area contributed by atoms with Gasteiger partial charge in [-0.15, -0.1) is 0 Å². The molecule has 1 amide bonds. The Bertz CT molecular complexity index is 824. The number of nitrogens with zero attached hydrogens (tertiary/aromatic N) is 4. The van der Waals surface area contributed by atoms with Crippen LogP contribution in [0.15, 0.2) is 42.9 Å². The first-order valence-corrected chi connectivity index (χ1v) is 11.4. The maximum atomic E-state index is 13.1. The number of aromatic nitrogens is 2. The number of likely N-dealkylation sites (tertiary alicyclic amines) is 1. The summed E-state index contributed by atoms with van der Waals surface area (Å²) in [7, 11) is 1.69. The molecule has 2 saturated heterocycles. The van der Waals surface area contributed by atoms with Gasteiger partial charge in [-0.2, -0.15) is 0 Å². The standard InChI is InChI=1S/C24H33N5O2/c1-31-21-9-7-19(8-10-21)22(28-13-3-2-4-14-28)16-27-24(30)20-6-5-15-29(18-20)23-17-25-11-12-26-23/h7-12,17,20,22H,2-6,13-16,18H2,1H3,(H,27,30)/t20-,22+/m0/s1. The monoisotopic (exact) mass is 423 g/mol. The zero-order chi connectivity index (χ0) is 21.5. The predicted molar refractivity (Wildman–Crippen MR) is 121 cm³/mol. The largest absolute Gasteiger partial charge is 0.497 e. The Morgan fingerprint density at radius 3 is 2.65 bits per heavy atom. The Morgan fingerprint density at radius 2 is 1.94 bits per heavy atom. The van der Waals surface area contributed by atoms with Crippen LogP contribution in [0.4, 0.5) is 5.82 Å². The fraction of sp³-hybridized carbons (Fsp3) is 0.542. The fourth-order valence-corrected chi connectivity index (χ4v) is 4.71. The second kappa shape index (κ2) is 10.6. The first-order chi connectivity index (χ1) is 15.2. The third-order valence-electron chi connectivity index (χ3n) is 6.47. The van der Waals surface area contributed by atoms with Gasteiger partial charge in [0.25, 0.3) is 0 Å². The first-order valence-electron chi connectivity index (χ1n) is 11.4. The summed E-state index contributed by atoms with van der Waals surface area (Å²) in [6, 6.07) is 8.46. The smallest absolute Gasteiger partial charge is 0.224 e. The molecule has 0 spiro atoms. The summed E-state index contributed by atoms with van der Waals surface area (Å²) in [5, 5.41) is 3.27. The van der Waals surface area contributed by atoms with Gasteiger partial charge < -0.3 is 15.0 Å². The summed E-state index contributed by atoms with van der Waals surface area (Å²) in [5.41, 5.74) is 1.23. The summed E-state index contributed by atoms with van der Waals surface area (Å²) in [4.78, 5) is 26.3. The summed E-state index contributed by atoms with van der Waals surface area (Å²) in [6.45, 7) is 4.41. The minimum atomic E-state index is -0.0198. The maximum Gasteiger partial charge on any atom is 0.224 e. The van der Waals surface area contributed by atoms with E-state index in [1.165, 1.54) is 24.8 Å². The van der Waals surface area contributed by atoms with Gasteiger partial charge in [-0.05, 0) is 56.5 Å². The molecule has 7 nitrogen and oxygen atoms in total. The minimum absolute atomic E-state index is 0.0198. The maximum absolute atomic E-state index is 13.1. The number of piperidine rings is 2. The van der Waals surface area contributed by atoms with Crippen molar-refractivity contribution in [3.63, 3.8) is 0 Å². The van der Waals surface area contributed by atoms with E-state index in [1.54, 1.807) is 25.7 Å². The summed E-state index contributed by atoms with van der Waals surface area (Å²) in [5.74, 6) is 1.83. The van der Waals surface area contributed by atoms with Crippen molar-refractivity contribution in [3.05, 3.63) is 48.4 Å². The fourth-order valence-electron chi connectivity index (χ4n) is 4.71. The van der Waals surface area contributed by atoms with E-state index in [0.29, 0.717) is 13.1 Å². The third-order valence-corrected chi connectivity index (χ3v) is 6.47. The van der Waals surface area contributed by atoms with Gasteiger partial charge in [-0.25, -0.2) is 4.98 Å². The van der Waals surface area contributed by atoms with Crippen LogP contribution in [0, 0.1) is 5.92 Å². The van der Waals surface area contributed by atoms with Gasteiger partial charge in [0.15, 0.2) is 0 Å². The number of amides is 1. The molecule has 3 heterocycles. The second-order valence-corrected chi connectivity index (χ2v) is 8.48.